The Hall–Kier alpha value is -2.25. The van der Waals surface area contributed by atoms with E-state index in [1.165, 1.54) is 4.90 Å². The zero-order valence-corrected chi connectivity index (χ0v) is 10.2. The zero-order chi connectivity index (χ0) is 15.3. The maximum Gasteiger partial charge on any atom is 0.416 e. The second kappa shape index (κ2) is 6.27. The number of hydrogen-bond donors (Lipinski definition) is 2. The molecule has 5 nitrogen and oxygen atoms in total. The van der Waals surface area contributed by atoms with Gasteiger partial charge in [-0.3, -0.25) is 9.59 Å². The predicted molar refractivity (Wildman–Crippen MR) is 63.5 cm³/mol. The summed E-state index contributed by atoms with van der Waals surface area (Å²) in [5, 5.41) is 17.3. The highest BCUT2D eigenvalue weighted by atomic mass is 19.4. The van der Waals surface area contributed by atoms with Crippen molar-refractivity contribution in [1.82, 2.24) is 0 Å². The quantitative estimate of drug-likeness (QED) is 0.839. The SMILES string of the molecule is O=C(O)CCN(CC(=O)O)c1ccc(C(F)(F)F)cc1. The van der Waals surface area contributed by atoms with Crippen molar-refractivity contribution in [3.8, 4) is 0 Å². The van der Waals surface area contributed by atoms with E-state index in [-0.39, 0.29) is 18.7 Å². The van der Waals surface area contributed by atoms with Crippen molar-refractivity contribution in [3.05, 3.63) is 29.8 Å². The molecule has 0 aliphatic rings. The lowest BCUT2D eigenvalue weighted by atomic mass is 10.2. The van der Waals surface area contributed by atoms with Gasteiger partial charge in [0, 0.05) is 12.2 Å². The third-order valence-electron chi connectivity index (χ3n) is 2.48. The van der Waals surface area contributed by atoms with Gasteiger partial charge in [-0.2, -0.15) is 13.2 Å². The van der Waals surface area contributed by atoms with Gasteiger partial charge in [0.2, 0.25) is 0 Å². The maximum atomic E-state index is 12.4. The molecular formula is C12H12F3NO4. The van der Waals surface area contributed by atoms with Crippen molar-refractivity contribution < 1.29 is 33.0 Å². The van der Waals surface area contributed by atoms with Crippen molar-refractivity contribution in [3.63, 3.8) is 0 Å². The van der Waals surface area contributed by atoms with Crippen LogP contribution >= 0.6 is 0 Å². The van der Waals surface area contributed by atoms with Gasteiger partial charge in [0.25, 0.3) is 0 Å². The van der Waals surface area contributed by atoms with Crippen molar-refractivity contribution in [1.29, 1.82) is 0 Å². The predicted octanol–water partition coefficient (Wildman–Crippen LogP) is 2.07. The Balaban J connectivity index is 2.90. The van der Waals surface area contributed by atoms with Crippen LogP contribution in [-0.4, -0.2) is 35.2 Å². The minimum atomic E-state index is -4.47. The van der Waals surface area contributed by atoms with Gasteiger partial charge in [0.05, 0.1) is 12.0 Å². The molecule has 0 spiro atoms. The highest BCUT2D eigenvalue weighted by molar-refractivity contribution is 5.74. The highest BCUT2D eigenvalue weighted by Gasteiger charge is 2.30. The van der Waals surface area contributed by atoms with Crippen LogP contribution in [0.15, 0.2) is 24.3 Å². The second-order valence-corrected chi connectivity index (χ2v) is 4.00. The van der Waals surface area contributed by atoms with Crippen LogP contribution in [-0.2, 0) is 15.8 Å². The zero-order valence-electron chi connectivity index (χ0n) is 10.2. The van der Waals surface area contributed by atoms with Gasteiger partial charge < -0.3 is 15.1 Å². The molecule has 110 valence electrons. The van der Waals surface area contributed by atoms with Crippen LogP contribution in [0.2, 0.25) is 0 Å². The summed E-state index contributed by atoms with van der Waals surface area (Å²) in [7, 11) is 0. The lowest BCUT2D eigenvalue weighted by Gasteiger charge is -2.22. The molecule has 0 aliphatic carbocycles. The Morgan fingerprint density at radius 1 is 1.05 bits per heavy atom. The van der Waals surface area contributed by atoms with Crippen LogP contribution in [0, 0.1) is 0 Å². The van der Waals surface area contributed by atoms with Crippen molar-refractivity contribution in [2.24, 2.45) is 0 Å². The van der Waals surface area contributed by atoms with E-state index in [2.05, 4.69) is 0 Å². The van der Waals surface area contributed by atoms with Gasteiger partial charge in [0.15, 0.2) is 0 Å². The number of hydrogen-bond acceptors (Lipinski definition) is 3. The summed E-state index contributed by atoms with van der Waals surface area (Å²) in [6, 6.07) is 3.89. The smallest absolute Gasteiger partial charge is 0.416 e. The maximum absolute atomic E-state index is 12.4. The van der Waals surface area contributed by atoms with Crippen LogP contribution in [0.5, 0.6) is 0 Å². The lowest BCUT2D eigenvalue weighted by molar-refractivity contribution is -0.138. The van der Waals surface area contributed by atoms with Gasteiger partial charge in [-0.1, -0.05) is 0 Å². The first-order valence-electron chi connectivity index (χ1n) is 5.56. The molecular weight excluding hydrogens is 279 g/mol. The Kier molecular flexibility index (Phi) is 4.95. The number of carboxylic acids is 2. The summed E-state index contributed by atoms with van der Waals surface area (Å²) < 4.78 is 37.2. The van der Waals surface area contributed by atoms with Crippen LogP contribution in [0.1, 0.15) is 12.0 Å². The number of halogens is 3. The largest absolute Gasteiger partial charge is 0.481 e. The van der Waals surface area contributed by atoms with Gasteiger partial charge >= 0.3 is 18.1 Å². The van der Waals surface area contributed by atoms with E-state index >= 15 is 0 Å². The Morgan fingerprint density at radius 2 is 1.60 bits per heavy atom. The van der Waals surface area contributed by atoms with Crippen LogP contribution < -0.4 is 4.90 Å². The second-order valence-electron chi connectivity index (χ2n) is 4.00. The molecule has 0 radical (unpaired) electrons. The van der Waals surface area contributed by atoms with E-state index in [0.29, 0.717) is 0 Å². The highest BCUT2D eigenvalue weighted by Crippen LogP contribution is 2.30. The number of benzene rings is 1. The van der Waals surface area contributed by atoms with E-state index in [4.69, 9.17) is 10.2 Å². The molecule has 0 saturated heterocycles. The van der Waals surface area contributed by atoms with Gasteiger partial charge in [0.1, 0.15) is 6.54 Å². The number of alkyl halides is 3. The molecule has 1 rings (SSSR count). The fourth-order valence-electron chi connectivity index (χ4n) is 1.55. The van der Waals surface area contributed by atoms with Crippen LogP contribution in [0.25, 0.3) is 0 Å². The summed E-state index contributed by atoms with van der Waals surface area (Å²) in [6.07, 6.45) is -4.79. The molecule has 2 N–H and O–H groups in total. The summed E-state index contributed by atoms with van der Waals surface area (Å²) in [6.45, 7) is -0.592. The molecule has 0 aromatic heterocycles. The molecule has 1 aromatic carbocycles. The molecule has 0 aliphatic heterocycles. The Morgan fingerprint density at radius 3 is 2.00 bits per heavy atom. The first-order valence-corrected chi connectivity index (χ1v) is 5.56. The summed E-state index contributed by atoms with van der Waals surface area (Å²) in [5.41, 5.74) is -0.628. The number of aliphatic carboxylic acids is 2. The van der Waals surface area contributed by atoms with E-state index in [0.717, 1.165) is 24.3 Å². The fourth-order valence-corrected chi connectivity index (χ4v) is 1.55. The summed E-state index contributed by atoms with van der Waals surface area (Å²) in [4.78, 5) is 22.4. The molecule has 0 bridgehead atoms. The first kappa shape index (κ1) is 15.8. The molecule has 8 heteroatoms. The van der Waals surface area contributed by atoms with Gasteiger partial charge in [-0.15, -0.1) is 0 Å². The third kappa shape index (κ3) is 4.79. The fraction of sp³-hybridized carbons (Fsp3) is 0.333. The molecule has 0 atom stereocenters. The van der Waals surface area contributed by atoms with E-state index < -0.39 is 30.2 Å². The number of carbonyl (C=O) groups is 2. The van der Waals surface area contributed by atoms with Crippen molar-refractivity contribution in [2.45, 2.75) is 12.6 Å². The van der Waals surface area contributed by atoms with Gasteiger partial charge in [-0.25, -0.2) is 0 Å². The summed E-state index contributed by atoms with van der Waals surface area (Å²) >= 11 is 0. The van der Waals surface area contributed by atoms with E-state index in [1.54, 1.807) is 0 Å². The van der Waals surface area contributed by atoms with Crippen molar-refractivity contribution in [2.75, 3.05) is 18.0 Å². The molecule has 0 amide bonds. The average molecular weight is 291 g/mol. The normalized spacial score (nSPS) is 11.2. The number of carboxylic acid groups (broad SMARTS) is 2. The third-order valence-corrected chi connectivity index (χ3v) is 2.48. The van der Waals surface area contributed by atoms with E-state index in [1.807, 2.05) is 0 Å². The minimum Gasteiger partial charge on any atom is -0.481 e. The average Bonchev–Trinajstić information content (AvgIpc) is 2.33. The molecule has 0 saturated carbocycles. The molecule has 20 heavy (non-hydrogen) atoms. The molecule has 0 fully saturated rings. The topological polar surface area (TPSA) is 77.8 Å². The number of nitrogens with zero attached hydrogens (tertiary/aromatic N) is 1. The van der Waals surface area contributed by atoms with Crippen molar-refractivity contribution >= 4 is 17.6 Å². The summed E-state index contributed by atoms with van der Waals surface area (Å²) in [5.74, 6) is -2.32. The van der Waals surface area contributed by atoms with Gasteiger partial charge in [-0.05, 0) is 24.3 Å². The van der Waals surface area contributed by atoms with Crippen LogP contribution in [0.3, 0.4) is 0 Å². The Bertz CT molecular complexity index is 484. The standard InChI is InChI=1S/C12H12F3NO4/c13-12(14,15)8-1-3-9(4-2-8)16(7-11(19)20)6-5-10(17)18/h1-4H,5-7H2,(H,17,18)(H,19,20). The molecule has 1 aromatic rings. The molecule has 0 unspecified atom stereocenters. The monoisotopic (exact) mass is 291 g/mol. The number of anilines is 1. The minimum absolute atomic E-state index is 0.104. The molecule has 0 heterocycles. The lowest BCUT2D eigenvalue weighted by Crippen LogP contribution is -2.31. The van der Waals surface area contributed by atoms with Crippen LogP contribution in [0.4, 0.5) is 18.9 Å². The van der Waals surface area contributed by atoms with E-state index in [9.17, 15) is 22.8 Å². The number of rotatable bonds is 6. The Labute approximate surface area is 112 Å². The first-order chi connectivity index (χ1) is 9.20.